The van der Waals surface area contributed by atoms with E-state index in [0.717, 1.165) is 22.6 Å². The number of rotatable bonds is 5. The summed E-state index contributed by atoms with van der Waals surface area (Å²) >= 11 is 6.30. The van der Waals surface area contributed by atoms with Gasteiger partial charge in [0, 0.05) is 16.6 Å². The summed E-state index contributed by atoms with van der Waals surface area (Å²) in [5, 5.41) is 0.712. The van der Waals surface area contributed by atoms with Gasteiger partial charge >= 0.3 is 0 Å². The third-order valence-electron chi connectivity index (χ3n) is 5.09. The molecule has 1 aliphatic carbocycles. The zero-order valence-electron chi connectivity index (χ0n) is 14.8. The minimum Gasteiger partial charge on any atom is -0.488 e. The van der Waals surface area contributed by atoms with Gasteiger partial charge in [0.2, 0.25) is 0 Å². The second kappa shape index (κ2) is 7.96. The van der Waals surface area contributed by atoms with Crippen molar-refractivity contribution in [3.63, 3.8) is 0 Å². The Bertz CT molecular complexity index is 854. The number of aromatic nitrogens is 2. The van der Waals surface area contributed by atoms with Gasteiger partial charge in [-0.3, -0.25) is 0 Å². The fourth-order valence-electron chi connectivity index (χ4n) is 3.73. The highest BCUT2D eigenvalue weighted by atomic mass is 35.5. The predicted molar refractivity (Wildman–Crippen MR) is 106 cm³/mol. The average molecular weight is 367 g/mol. The fraction of sp³-hybridized carbons (Fsp3) is 0.318. The van der Waals surface area contributed by atoms with Crippen LogP contribution in [0, 0.1) is 0 Å². The van der Waals surface area contributed by atoms with Crippen molar-refractivity contribution in [3.8, 4) is 17.0 Å². The molecule has 1 heterocycles. The molecule has 2 aromatic carbocycles. The van der Waals surface area contributed by atoms with Gasteiger partial charge in [-0.1, -0.05) is 61.2 Å². The number of hydrogen-bond acceptors (Lipinski definition) is 2. The van der Waals surface area contributed by atoms with E-state index in [-0.39, 0.29) is 0 Å². The minimum absolute atomic E-state index is 0.516. The maximum Gasteiger partial charge on any atom is 0.129 e. The van der Waals surface area contributed by atoms with E-state index < -0.39 is 0 Å². The molecule has 1 aromatic heterocycles. The van der Waals surface area contributed by atoms with Crippen molar-refractivity contribution in [2.24, 2.45) is 0 Å². The van der Waals surface area contributed by atoms with Crippen LogP contribution in [-0.4, -0.2) is 9.55 Å². The summed E-state index contributed by atoms with van der Waals surface area (Å²) in [6.07, 6.45) is 10.2. The molecular formula is C22H23ClN2O. The quantitative estimate of drug-likeness (QED) is 0.530. The Morgan fingerprint density at radius 1 is 1.04 bits per heavy atom. The Kier molecular flexibility index (Phi) is 5.26. The fourth-order valence-corrected chi connectivity index (χ4v) is 3.90. The van der Waals surface area contributed by atoms with Gasteiger partial charge in [0.1, 0.15) is 12.4 Å². The van der Waals surface area contributed by atoms with Crippen molar-refractivity contribution in [2.75, 3.05) is 0 Å². The molecule has 0 spiro atoms. The highest BCUT2D eigenvalue weighted by Crippen LogP contribution is 2.37. The molecule has 3 aromatic rings. The summed E-state index contributed by atoms with van der Waals surface area (Å²) in [5.74, 6) is 0.843. The first-order valence-corrected chi connectivity index (χ1v) is 9.67. The maximum atomic E-state index is 6.30. The summed E-state index contributed by atoms with van der Waals surface area (Å²) < 4.78 is 8.45. The van der Waals surface area contributed by atoms with Crippen molar-refractivity contribution in [2.45, 2.75) is 44.8 Å². The Morgan fingerprint density at radius 2 is 1.85 bits per heavy atom. The minimum atomic E-state index is 0.516. The molecule has 1 aliphatic rings. The highest BCUT2D eigenvalue weighted by molar-refractivity contribution is 6.30. The van der Waals surface area contributed by atoms with Gasteiger partial charge in [-0.2, -0.15) is 0 Å². The standard InChI is InChI=1S/C22H23ClN2O/c23-18-11-12-22(26-15-17-7-3-1-4-8-17)20(13-18)21-14-24-16-25(21)19-9-5-2-6-10-19/h1,3-4,7-8,11-14,16,19H,2,5-6,9-10,15H2. The van der Waals surface area contributed by atoms with E-state index in [9.17, 15) is 0 Å². The monoisotopic (exact) mass is 366 g/mol. The van der Waals surface area contributed by atoms with Crippen LogP contribution in [0.25, 0.3) is 11.3 Å². The highest BCUT2D eigenvalue weighted by Gasteiger charge is 2.20. The lowest BCUT2D eigenvalue weighted by molar-refractivity contribution is 0.306. The van der Waals surface area contributed by atoms with Crippen molar-refractivity contribution >= 4 is 11.6 Å². The average Bonchev–Trinajstić information content (AvgIpc) is 3.18. The van der Waals surface area contributed by atoms with Crippen LogP contribution in [0.15, 0.2) is 61.1 Å². The molecule has 0 bridgehead atoms. The van der Waals surface area contributed by atoms with Crippen LogP contribution >= 0.6 is 11.6 Å². The van der Waals surface area contributed by atoms with E-state index >= 15 is 0 Å². The van der Waals surface area contributed by atoms with Gasteiger partial charge in [0.25, 0.3) is 0 Å². The Morgan fingerprint density at radius 3 is 2.65 bits per heavy atom. The van der Waals surface area contributed by atoms with Crippen LogP contribution in [0.2, 0.25) is 5.02 Å². The third kappa shape index (κ3) is 3.78. The number of imidazole rings is 1. The molecule has 4 heteroatoms. The molecule has 0 atom stereocenters. The third-order valence-corrected chi connectivity index (χ3v) is 5.32. The van der Waals surface area contributed by atoms with Crippen LogP contribution in [0.3, 0.4) is 0 Å². The van der Waals surface area contributed by atoms with Gasteiger partial charge in [-0.15, -0.1) is 0 Å². The van der Waals surface area contributed by atoms with Crippen molar-refractivity contribution < 1.29 is 4.74 Å². The first-order valence-electron chi connectivity index (χ1n) is 9.30. The van der Waals surface area contributed by atoms with Gasteiger partial charge in [-0.25, -0.2) is 4.98 Å². The van der Waals surface area contributed by atoms with Crippen molar-refractivity contribution in [1.82, 2.24) is 9.55 Å². The van der Waals surface area contributed by atoms with Crippen molar-refractivity contribution in [1.29, 1.82) is 0 Å². The van der Waals surface area contributed by atoms with Crippen LogP contribution in [0.5, 0.6) is 5.75 Å². The van der Waals surface area contributed by atoms with Gasteiger partial charge < -0.3 is 9.30 Å². The van der Waals surface area contributed by atoms with E-state index in [4.69, 9.17) is 16.3 Å². The van der Waals surface area contributed by atoms with E-state index in [1.807, 2.05) is 48.9 Å². The molecule has 0 saturated heterocycles. The van der Waals surface area contributed by atoms with E-state index in [2.05, 4.69) is 21.7 Å². The number of ether oxygens (including phenoxy) is 1. The van der Waals surface area contributed by atoms with Crippen LogP contribution in [0.1, 0.15) is 43.7 Å². The van der Waals surface area contributed by atoms with Crippen LogP contribution in [0.4, 0.5) is 0 Å². The van der Waals surface area contributed by atoms with E-state index in [1.54, 1.807) is 0 Å². The number of hydrogen-bond donors (Lipinski definition) is 0. The Hall–Kier alpha value is -2.26. The lowest BCUT2D eigenvalue weighted by Crippen LogP contribution is -2.13. The molecule has 26 heavy (non-hydrogen) atoms. The topological polar surface area (TPSA) is 27.1 Å². The lowest BCUT2D eigenvalue weighted by atomic mass is 9.95. The van der Waals surface area contributed by atoms with Crippen LogP contribution < -0.4 is 4.74 Å². The lowest BCUT2D eigenvalue weighted by Gasteiger charge is -2.25. The van der Waals surface area contributed by atoms with Gasteiger partial charge in [0.05, 0.1) is 18.2 Å². The first-order chi connectivity index (χ1) is 12.8. The van der Waals surface area contributed by atoms with E-state index in [0.29, 0.717) is 17.7 Å². The number of nitrogens with zero attached hydrogens (tertiary/aromatic N) is 2. The molecule has 0 unspecified atom stereocenters. The van der Waals surface area contributed by atoms with Crippen molar-refractivity contribution in [3.05, 3.63) is 71.6 Å². The SMILES string of the molecule is Clc1ccc(OCc2ccccc2)c(-c2cncn2C2CCCCC2)c1. The summed E-state index contributed by atoms with van der Waals surface area (Å²) in [5.41, 5.74) is 3.24. The molecule has 0 aliphatic heterocycles. The smallest absolute Gasteiger partial charge is 0.129 e. The molecule has 0 amide bonds. The second-order valence-corrected chi connectivity index (χ2v) is 7.33. The largest absolute Gasteiger partial charge is 0.488 e. The number of halogens is 1. The zero-order valence-corrected chi connectivity index (χ0v) is 15.5. The molecule has 0 radical (unpaired) electrons. The molecule has 4 rings (SSSR count). The maximum absolute atomic E-state index is 6.30. The Balaban J connectivity index is 1.64. The summed E-state index contributed by atoms with van der Waals surface area (Å²) in [6.45, 7) is 0.535. The summed E-state index contributed by atoms with van der Waals surface area (Å²) in [7, 11) is 0. The van der Waals surface area contributed by atoms with Crippen LogP contribution in [-0.2, 0) is 6.61 Å². The summed E-state index contributed by atoms with van der Waals surface area (Å²) in [6, 6.07) is 16.6. The van der Waals surface area contributed by atoms with Gasteiger partial charge in [-0.05, 0) is 36.6 Å². The first kappa shape index (κ1) is 17.2. The molecule has 134 valence electrons. The normalized spacial score (nSPS) is 15.1. The molecular weight excluding hydrogens is 344 g/mol. The Labute approximate surface area is 159 Å². The molecule has 0 N–H and O–H groups in total. The molecule has 1 saturated carbocycles. The molecule has 1 fully saturated rings. The van der Waals surface area contributed by atoms with Gasteiger partial charge in [0.15, 0.2) is 0 Å². The molecule has 3 nitrogen and oxygen atoms in total. The summed E-state index contributed by atoms with van der Waals surface area (Å²) in [4.78, 5) is 4.43. The zero-order chi connectivity index (χ0) is 17.8. The number of benzene rings is 2. The second-order valence-electron chi connectivity index (χ2n) is 6.89. The predicted octanol–water partition coefficient (Wildman–Crippen LogP) is 6.29. The van der Waals surface area contributed by atoms with E-state index in [1.165, 1.54) is 32.1 Å².